The summed E-state index contributed by atoms with van der Waals surface area (Å²) in [4.78, 5) is 110. The van der Waals surface area contributed by atoms with Crippen molar-refractivity contribution in [2.75, 3.05) is 43.5 Å². The number of aromatic amines is 2. The highest BCUT2D eigenvalue weighted by Gasteiger charge is 2.28. The van der Waals surface area contributed by atoms with Gasteiger partial charge in [-0.25, -0.2) is 19.6 Å². The van der Waals surface area contributed by atoms with Crippen molar-refractivity contribution in [1.29, 1.82) is 0 Å². The monoisotopic (exact) mass is 1110 g/mol. The molecule has 76 heavy (non-hydrogen) atoms. The zero-order chi connectivity index (χ0) is 54.1. The highest BCUT2D eigenvalue weighted by molar-refractivity contribution is 7.18. The lowest BCUT2D eigenvalue weighted by Gasteiger charge is -2.18. The number of ether oxygens (including phenoxy) is 2. The van der Waals surface area contributed by atoms with Crippen molar-refractivity contribution >= 4 is 125 Å². The van der Waals surface area contributed by atoms with Crippen LogP contribution in [0.25, 0.3) is 21.8 Å². The van der Waals surface area contributed by atoms with Crippen LogP contribution in [0.15, 0.2) is 83.8 Å². The summed E-state index contributed by atoms with van der Waals surface area (Å²) < 4.78 is 10.6. The van der Waals surface area contributed by atoms with Crippen molar-refractivity contribution in [3.63, 3.8) is 0 Å². The van der Waals surface area contributed by atoms with Crippen LogP contribution in [-0.4, -0.2) is 128 Å². The fourth-order valence-electron chi connectivity index (χ4n) is 7.16. The molecule has 0 aliphatic heterocycles. The zero-order valence-corrected chi connectivity index (χ0v) is 44.1. The summed E-state index contributed by atoms with van der Waals surface area (Å²) in [7, 11) is 0. The van der Waals surface area contributed by atoms with E-state index in [4.69, 9.17) is 9.47 Å². The third-order valence-corrected chi connectivity index (χ3v) is 14.7. The van der Waals surface area contributed by atoms with Gasteiger partial charge in [0.1, 0.15) is 21.8 Å². The van der Waals surface area contributed by atoms with Crippen LogP contribution >= 0.6 is 45.3 Å². The molecule has 6 aromatic heterocycles. The average molecular weight is 1110 g/mol. The van der Waals surface area contributed by atoms with Crippen LogP contribution in [0.1, 0.15) is 74.5 Å². The smallest absolute Gasteiger partial charge is 0.330 e. The van der Waals surface area contributed by atoms with Gasteiger partial charge < -0.3 is 46.5 Å². The van der Waals surface area contributed by atoms with Crippen molar-refractivity contribution in [3.05, 3.63) is 126 Å². The Morgan fingerprint density at radius 2 is 1.12 bits per heavy atom. The first-order valence-corrected chi connectivity index (χ1v) is 26.6. The van der Waals surface area contributed by atoms with Crippen LogP contribution in [0.2, 0.25) is 0 Å². The van der Waals surface area contributed by atoms with E-state index in [0.717, 1.165) is 55.6 Å². The molecule has 2 atom stereocenters. The van der Waals surface area contributed by atoms with Crippen molar-refractivity contribution in [3.8, 4) is 0 Å². The number of rotatable bonds is 23. The van der Waals surface area contributed by atoms with Crippen LogP contribution in [0.4, 0.5) is 10.3 Å². The summed E-state index contributed by atoms with van der Waals surface area (Å²) in [6.07, 6.45) is 3.99. The van der Waals surface area contributed by atoms with Gasteiger partial charge in [0.25, 0.3) is 23.6 Å². The summed E-state index contributed by atoms with van der Waals surface area (Å²) in [5.74, 6) is -4.64. The van der Waals surface area contributed by atoms with E-state index in [9.17, 15) is 43.5 Å². The van der Waals surface area contributed by atoms with Gasteiger partial charge >= 0.3 is 11.9 Å². The number of carboxylic acids is 1. The summed E-state index contributed by atoms with van der Waals surface area (Å²) >= 11 is 4.40. The molecule has 0 saturated heterocycles. The van der Waals surface area contributed by atoms with Crippen LogP contribution in [0.3, 0.4) is 0 Å². The molecular weight excluding hydrogens is 1060 g/mol. The van der Waals surface area contributed by atoms with E-state index in [2.05, 4.69) is 62.3 Å². The maximum atomic E-state index is 13.2. The maximum Gasteiger partial charge on any atom is 0.330 e. The average Bonchev–Trinajstić information content (AvgIpc) is 4.26. The minimum absolute atomic E-state index is 0.0854. The molecule has 0 fully saturated rings. The molecule has 6 amide bonds. The second-order valence-electron chi connectivity index (χ2n) is 16.3. The lowest BCUT2D eigenvalue weighted by molar-refractivity contribution is -0.146. The number of amides is 6. The molecule has 0 bridgehead atoms. The highest BCUT2D eigenvalue weighted by Crippen LogP contribution is 2.26. The molecule has 0 aliphatic rings. The van der Waals surface area contributed by atoms with E-state index in [-0.39, 0.29) is 70.3 Å². The number of carboxylic acid groups (broad SMARTS) is 1. The maximum absolute atomic E-state index is 13.2. The number of fused-ring (bicyclic) bond motifs is 2. The molecule has 27 heteroatoms. The lowest BCUT2D eigenvalue weighted by atomic mass is 10.1. The molecule has 0 radical (unpaired) electrons. The highest BCUT2D eigenvalue weighted by atomic mass is 32.1. The molecule has 0 aliphatic carbocycles. The number of thiophene rings is 2. The van der Waals surface area contributed by atoms with Gasteiger partial charge in [-0.05, 0) is 66.9 Å². The number of anilines is 2. The molecule has 0 saturated carbocycles. The minimum Gasteiger partial charge on any atom is -0.480 e. The number of aromatic nitrogens is 6. The van der Waals surface area contributed by atoms with Crippen LogP contribution in [-0.2, 0) is 41.5 Å². The first-order valence-electron chi connectivity index (χ1n) is 23.3. The van der Waals surface area contributed by atoms with E-state index in [1.807, 2.05) is 43.3 Å². The fraction of sp³-hybridized carbons (Fsp3) is 0.265. The standard InChI is InChI=1S/C27H30N6O6S2.C22H20N6O5S2/c1-3-38-10-6-11-39-26(37)20(15-28-24(35)21-9-5-12-40-21)31-25(36)23-16(2)30-27(41-23)32-22(34)13-17-7-4-8-19-18(17)14-29-33-19;1-11-18(20(31)26-15(21(32)33)10-23-19(30)16-6-3-7-34-16)35-22(25-11)27-17(29)8-12-4-2-5-14-13(12)9-24-28-14/h4-5,7-9,12,14,20H,3,6,10-11,13,15H2,1-2H3,(H,28,35)(H,29,33)(H,31,36)(H,30,32,34);2-7,9,15H,8,10H2,1H3,(H,23,30)(H,24,28)(H,26,31)(H,32,33)(H,25,27,29)/t20-;15-/m00/s1. The molecule has 0 unspecified atom stereocenters. The fourth-order valence-corrected chi connectivity index (χ4v) is 10.2. The zero-order valence-electron chi connectivity index (χ0n) is 40.8. The van der Waals surface area contributed by atoms with Gasteiger partial charge in [-0.2, -0.15) is 10.2 Å². The van der Waals surface area contributed by atoms with E-state index in [1.54, 1.807) is 61.3 Å². The molecule has 396 valence electrons. The number of aliphatic carboxylic acids is 1. The van der Waals surface area contributed by atoms with Crippen LogP contribution in [0, 0.1) is 13.8 Å². The van der Waals surface area contributed by atoms with Crippen molar-refractivity contribution < 1.29 is 52.9 Å². The number of hydrogen-bond acceptors (Lipinski definition) is 18. The quantitative estimate of drug-likeness (QED) is 0.0292. The third kappa shape index (κ3) is 15.2. The predicted molar refractivity (Wildman–Crippen MR) is 286 cm³/mol. The van der Waals surface area contributed by atoms with Gasteiger partial charge in [0.05, 0.1) is 64.0 Å². The second-order valence-corrected chi connectivity index (χ2v) is 20.2. The molecule has 2 aromatic carbocycles. The number of thiazole rings is 2. The molecule has 8 rings (SSSR count). The van der Waals surface area contributed by atoms with Crippen LogP contribution < -0.4 is 31.9 Å². The third-order valence-electron chi connectivity index (χ3n) is 10.8. The molecule has 0 spiro atoms. The number of benzene rings is 2. The number of nitrogens with one attached hydrogen (secondary N) is 8. The van der Waals surface area contributed by atoms with E-state index in [0.29, 0.717) is 40.8 Å². The normalized spacial score (nSPS) is 11.7. The molecular formula is C49H50N12O11S4. The SMILES string of the molecule is CCOCCCOC(=O)[C@H](CNC(=O)c1cccs1)NC(=O)c1sc(NC(=O)Cc2cccc3[nH]ncc23)nc1C.Cc1nc(NC(=O)Cc2cccc3[nH]ncc23)sc1C(=O)N[C@@H](CNC(=O)c1cccs1)C(=O)O. The van der Waals surface area contributed by atoms with E-state index in [1.165, 1.54) is 22.7 Å². The Labute approximate surface area is 448 Å². The van der Waals surface area contributed by atoms with Gasteiger partial charge in [0.2, 0.25) is 11.8 Å². The van der Waals surface area contributed by atoms with Gasteiger partial charge in [-0.15, -0.1) is 22.7 Å². The van der Waals surface area contributed by atoms with Gasteiger partial charge in [0, 0.05) is 43.5 Å². The number of aryl methyl sites for hydroxylation is 2. The minimum atomic E-state index is -1.35. The predicted octanol–water partition coefficient (Wildman–Crippen LogP) is 5.25. The van der Waals surface area contributed by atoms with E-state index < -0.39 is 41.7 Å². The number of hydrogen-bond donors (Lipinski definition) is 9. The van der Waals surface area contributed by atoms with Crippen molar-refractivity contribution in [2.45, 2.75) is 52.1 Å². The number of esters is 1. The number of carbonyl (C=O) groups is 8. The Bertz CT molecular complexity index is 3330. The summed E-state index contributed by atoms with van der Waals surface area (Å²) in [6, 6.07) is 15.3. The first-order chi connectivity index (χ1) is 36.7. The molecule has 8 aromatic rings. The topological polar surface area (TPSA) is 331 Å². The molecule has 23 nitrogen and oxygen atoms in total. The number of nitrogens with zero attached hydrogens (tertiary/aromatic N) is 4. The summed E-state index contributed by atoms with van der Waals surface area (Å²) in [5, 5.41) is 44.5. The Kier molecular flexibility index (Phi) is 19.6. The Hall–Kier alpha value is -8.24. The molecule has 9 N–H and O–H groups in total. The van der Waals surface area contributed by atoms with Crippen molar-refractivity contribution in [1.82, 2.24) is 51.6 Å². The number of carbonyl (C=O) groups excluding carboxylic acids is 7. The van der Waals surface area contributed by atoms with Crippen molar-refractivity contribution in [2.24, 2.45) is 0 Å². The van der Waals surface area contributed by atoms with E-state index >= 15 is 0 Å². The second kappa shape index (κ2) is 26.8. The van der Waals surface area contributed by atoms with Crippen LogP contribution in [0.5, 0.6) is 0 Å². The van der Waals surface area contributed by atoms with Gasteiger partial charge in [-0.3, -0.25) is 39.0 Å². The first kappa shape index (κ1) is 55.5. The molecule has 6 heterocycles. The summed E-state index contributed by atoms with van der Waals surface area (Å²) in [6.45, 7) is 5.71. The van der Waals surface area contributed by atoms with Gasteiger partial charge in [-0.1, -0.05) is 59.1 Å². The summed E-state index contributed by atoms with van der Waals surface area (Å²) in [5.41, 5.74) is 3.95. The largest absolute Gasteiger partial charge is 0.480 e. The lowest BCUT2D eigenvalue weighted by Crippen LogP contribution is -2.49. The Morgan fingerprint density at radius 1 is 0.632 bits per heavy atom. The Balaban J connectivity index is 0.000000224. The number of H-pyrrole nitrogens is 2. The Morgan fingerprint density at radius 3 is 1.58 bits per heavy atom. The van der Waals surface area contributed by atoms with Gasteiger partial charge in [0.15, 0.2) is 10.3 Å².